The first-order valence-electron chi connectivity index (χ1n) is 6.49. The third kappa shape index (κ3) is 3.48. The van der Waals surface area contributed by atoms with Crippen molar-refractivity contribution in [2.75, 3.05) is 6.54 Å². The van der Waals surface area contributed by atoms with Gasteiger partial charge in [0.15, 0.2) is 0 Å². The van der Waals surface area contributed by atoms with Crippen molar-refractivity contribution in [2.24, 2.45) is 10.4 Å². The summed E-state index contributed by atoms with van der Waals surface area (Å²) in [5.74, 6) is -0.145. The number of carbonyl (C=O) groups excluding carboxylic acids is 2. The first-order chi connectivity index (χ1) is 9.38. The molecule has 4 nitrogen and oxygen atoms in total. The van der Waals surface area contributed by atoms with Crippen molar-refractivity contribution in [3.05, 3.63) is 35.9 Å². The predicted octanol–water partition coefficient (Wildman–Crippen LogP) is 2.50. The lowest BCUT2D eigenvalue weighted by Gasteiger charge is -2.31. The van der Waals surface area contributed by atoms with Crippen LogP contribution in [0.2, 0.25) is 0 Å². The van der Waals surface area contributed by atoms with Crippen molar-refractivity contribution in [2.45, 2.75) is 26.8 Å². The molecular weight excluding hydrogens is 272 g/mol. The maximum atomic E-state index is 12.3. The molecule has 0 aliphatic carbocycles. The van der Waals surface area contributed by atoms with E-state index < -0.39 is 0 Å². The first kappa shape index (κ1) is 14.8. The molecule has 0 spiro atoms. The highest BCUT2D eigenvalue weighted by Gasteiger charge is 2.34. The van der Waals surface area contributed by atoms with Crippen LogP contribution >= 0.6 is 11.8 Å². The fraction of sp³-hybridized carbons (Fsp3) is 0.400. The molecule has 0 bridgehead atoms. The molecule has 106 valence electrons. The summed E-state index contributed by atoms with van der Waals surface area (Å²) in [6, 6.07) is 8.80. The second kappa shape index (κ2) is 5.79. The molecule has 1 unspecified atom stereocenters. The maximum absolute atomic E-state index is 12.3. The normalized spacial score (nSPS) is 16.8. The average Bonchev–Trinajstić information content (AvgIpc) is 2.81. The zero-order valence-electron chi connectivity index (χ0n) is 11.8. The molecule has 1 heterocycles. The average molecular weight is 290 g/mol. The molecule has 1 N–H and O–H groups in total. The fourth-order valence-electron chi connectivity index (χ4n) is 1.93. The zero-order valence-corrected chi connectivity index (χ0v) is 12.7. The van der Waals surface area contributed by atoms with E-state index in [0.717, 1.165) is 11.8 Å². The number of carbonyl (C=O) groups is 2. The minimum Gasteiger partial charge on any atom is -0.343 e. The Kier molecular flexibility index (Phi) is 4.28. The van der Waals surface area contributed by atoms with Crippen LogP contribution in [0.15, 0.2) is 35.3 Å². The largest absolute Gasteiger partial charge is 0.343 e. The van der Waals surface area contributed by atoms with Crippen LogP contribution in [-0.4, -0.2) is 28.7 Å². The zero-order chi connectivity index (χ0) is 14.8. The van der Waals surface area contributed by atoms with Gasteiger partial charge in [0.25, 0.3) is 5.91 Å². The standard InChI is InChI=1S/C15H18N2O2S/c1-15(2,3)12(14-16-9-11(18)20-14)17-13(19)10-7-5-4-6-8-10/h4-8,12H,9H2,1-3H3,(H,17,19). The van der Waals surface area contributed by atoms with E-state index in [1.54, 1.807) is 12.1 Å². The highest BCUT2D eigenvalue weighted by molar-refractivity contribution is 8.27. The van der Waals surface area contributed by atoms with E-state index >= 15 is 0 Å². The minimum atomic E-state index is -0.258. The van der Waals surface area contributed by atoms with Crippen molar-refractivity contribution >= 4 is 27.8 Å². The van der Waals surface area contributed by atoms with Crippen LogP contribution in [0.5, 0.6) is 0 Å². The maximum Gasteiger partial charge on any atom is 0.251 e. The molecule has 1 atom stereocenters. The Hall–Kier alpha value is -1.62. The Balaban J connectivity index is 2.17. The molecule has 0 fully saturated rings. The topological polar surface area (TPSA) is 58.5 Å². The fourth-order valence-corrected chi connectivity index (χ4v) is 2.95. The molecule has 1 aromatic carbocycles. The van der Waals surface area contributed by atoms with Crippen molar-refractivity contribution in [3.8, 4) is 0 Å². The van der Waals surface area contributed by atoms with E-state index in [9.17, 15) is 9.59 Å². The van der Waals surface area contributed by atoms with E-state index in [0.29, 0.717) is 10.6 Å². The number of amides is 1. The van der Waals surface area contributed by atoms with Crippen molar-refractivity contribution < 1.29 is 9.59 Å². The predicted molar refractivity (Wildman–Crippen MR) is 82.1 cm³/mol. The van der Waals surface area contributed by atoms with Gasteiger partial charge < -0.3 is 5.32 Å². The molecule has 1 amide bonds. The number of thioether (sulfide) groups is 1. The lowest BCUT2D eigenvalue weighted by molar-refractivity contribution is -0.109. The third-order valence-corrected chi connectivity index (χ3v) is 3.94. The van der Waals surface area contributed by atoms with E-state index in [2.05, 4.69) is 10.3 Å². The SMILES string of the molecule is CC(C)(C)C(NC(=O)c1ccccc1)C1=NCC(=O)S1. The lowest BCUT2D eigenvalue weighted by Crippen LogP contribution is -2.47. The van der Waals surface area contributed by atoms with Gasteiger partial charge in [-0.25, -0.2) is 0 Å². The summed E-state index contributed by atoms with van der Waals surface area (Å²) < 4.78 is 0. The van der Waals surface area contributed by atoms with Crippen LogP contribution in [0, 0.1) is 5.41 Å². The van der Waals surface area contributed by atoms with Gasteiger partial charge in [0.2, 0.25) is 5.12 Å². The van der Waals surface area contributed by atoms with Crippen molar-refractivity contribution in [3.63, 3.8) is 0 Å². The number of hydrogen-bond donors (Lipinski definition) is 1. The molecule has 2 rings (SSSR count). The van der Waals surface area contributed by atoms with Gasteiger partial charge in [0.05, 0.1) is 11.1 Å². The summed E-state index contributed by atoms with van der Waals surface area (Å²) in [5, 5.41) is 3.72. The molecule has 0 aromatic heterocycles. The highest BCUT2D eigenvalue weighted by atomic mass is 32.2. The summed E-state index contributed by atoms with van der Waals surface area (Å²) >= 11 is 1.13. The van der Waals surface area contributed by atoms with Gasteiger partial charge in [-0.3, -0.25) is 14.6 Å². The number of hydrogen-bond acceptors (Lipinski definition) is 4. The van der Waals surface area contributed by atoms with Crippen LogP contribution in [-0.2, 0) is 4.79 Å². The summed E-state index contributed by atoms with van der Waals surface area (Å²) in [7, 11) is 0. The summed E-state index contributed by atoms with van der Waals surface area (Å²) in [5.41, 5.74) is 0.401. The van der Waals surface area contributed by atoms with Gasteiger partial charge in [-0.05, 0) is 29.3 Å². The molecule has 0 saturated heterocycles. The minimum absolute atomic E-state index is 0.0308. The van der Waals surface area contributed by atoms with Crippen LogP contribution < -0.4 is 5.32 Å². The van der Waals surface area contributed by atoms with E-state index in [4.69, 9.17) is 0 Å². The number of nitrogens with one attached hydrogen (secondary N) is 1. The van der Waals surface area contributed by atoms with Gasteiger partial charge in [-0.15, -0.1) is 0 Å². The van der Waals surface area contributed by atoms with Crippen LogP contribution in [0.1, 0.15) is 31.1 Å². The van der Waals surface area contributed by atoms with Gasteiger partial charge in [-0.1, -0.05) is 39.0 Å². The Morgan fingerprint density at radius 3 is 2.45 bits per heavy atom. The first-order valence-corrected chi connectivity index (χ1v) is 7.30. The molecule has 1 aromatic rings. The van der Waals surface area contributed by atoms with Gasteiger partial charge >= 0.3 is 0 Å². The number of benzene rings is 1. The Bertz CT molecular complexity index is 547. The Morgan fingerprint density at radius 2 is 1.95 bits per heavy atom. The van der Waals surface area contributed by atoms with E-state index in [1.165, 1.54) is 0 Å². The molecule has 5 heteroatoms. The Labute approximate surface area is 123 Å². The second-order valence-corrected chi connectivity index (χ2v) is 6.84. The second-order valence-electron chi connectivity index (χ2n) is 5.77. The highest BCUT2D eigenvalue weighted by Crippen LogP contribution is 2.28. The summed E-state index contributed by atoms with van der Waals surface area (Å²) in [6.07, 6.45) is 0. The molecule has 1 aliphatic rings. The molecular formula is C15H18N2O2S. The summed E-state index contributed by atoms with van der Waals surface area (Å²) in [4.78, 5) is 27.9. The van der Waals surface area contributed by atoms with Gasteiger partial charge in [0.1, 0.15) is 6.54 Å². The smallest absolute Gasteiger partial charge is 0.251 e. The molecule has 0 saturated carbocycles. The summed E-state index contributed by atoms with van der Waals surface area (Å²) in [6.45, 7) is 6.27. The number of nitrogens with zero attached hydrogens (tertiary/aromatic N) is 1. The van der Waals surface area contributed by atoms with E-state index in [1.807, 2.05) is 39.0 Å². The van der Waals surface area contributed by atoms with Crippen LogP contribution in [0.3, 0.4) is 0 Å². The van der Waals surface area contributed by atoms with Crippen LogP contribution in [0.4, 0.5) is 0 Å². The molecule has 1 aliphatic heterocycles. The number of aliphatic imine (C=N–C) groups is 1. The Morgan fingerprint density at radius 1 is 1.30 bits per heavy atom. The van der Waals surface area contributed by atoms with Crippen LogP contribution in [0.25, 0.3) is 0 Å². The molecule has 0 radical (unpaired) electrons. The quantitative estimate of drug-likeness (QED) is 0.930. The molecule has 20 heavy (non-hydrogen) atoms. The van der Waals surface area contributed by atoms with Gasteiger partial charge in [0, 0.05) is 5.56 Å². The van der Waals surface area contributed by atoms with Crippen molar-refractivity contribution in [1.29, 1.82) is 0 Å². The van der Waals surface area contributed by atoms with Gasteiger partial charge in [-0.2, -0.15) is 0 Å². The monoisotopic (exact) mass is 290 g/mol. The van der Waals surface area contributed by atoms with Crippen molar-refractivity contribution in [1.82, 2.24) is 5.32 Å². The third-order valence-electron chi connectivity index (χ3n) is 3.01. The lowest BCUT2D eigenvalue weighted by atomic mass is 9.87. The van der Waals surface area contributed by atoms with E-state index in [-0.39, 0.29) is 29.0 Å². The number of rotatable bonds is 3.